The van der Waals surface area contributed by atoms with Gasteiger partial charge in [-0.25, -0.2) is 0 Å². The second-order valence-electron chi connectivity index (χ2n) is 6.29. The Kier molecular flexibility index (Phi) is 2.82. The van der Waals surface area contributed by atoms with Crippen molar-refractivity contribution in [2.75, 3.05) is 30.3 Å². The number of nitrogens with zero attached hydrogens (tertiary/aromatic N) is 2. The van der Waals surface area contributed by atoms with Gasteiger partial charge in [0, 0.05) is 48.3 Å². The Balaban J connectivity index is 1.74. The summed E-state index contributed by atoms with van der Waals surface area (Å²) in [7, 11) is 0. The zero-order valence-electron chi connectivity index (χ0n) is 11.8. The molecule has 0 aliphatic carbocycles. The van der Waals surface area contributed by atoms with Crippen LogP contribution in [0.1, 0.15) is 31.7 Å². The summed E-state index contributed by atoms with van der Waals surface area (Å²) in [4.78, 5) is 6.91. The van der Waals surface area contributed by atoms with Gasteiger partial charge in [-0.15, -0.1) is 11.8 Å². The Morgan fingerprint density at radius 2 is 2.16 bits per heavy atom. The summed E-state index contributed by atoms with van der Waals surface area (Å²) in [6, 6.07) is 8.41. The molecule has 0 amide bonds. The predicted molar refractivity (Wildman–Crippen MR) is 82.4 cm³/mol. The van der Waals surface area contributed by atoms with Gasteiger partial charge in [-0.2, -0.15) is 0 Å². The molecule has 102 valence electrons. The molecular weight excluding hydrogens is 252 g/mol. The van der Waals surface area contributed by atoms with Crippen LogP contribution in [0.4, 0.5) is 5.69 Å². The number of hydrogen-bond acceptors (Lipinski definition) is 3. The Morgan fingerprint density at radius 3 is 3.00 bits per heavy atom. The molecule has 0 bridgehead atoms. The number of benzene rings is 1. The number of thioether (sulfide) groups is 1. The average Bonchev–Trinajstić information content (AvgIpc) is 2.76. The smallest absolute Gasteiger partial charge is 0.0544 e. The minimum atomic E-state index is 0.682. The molecule has 0 radical (unpaired) electrons. The lowest BCUT2D eigenvalue weighted by Crippen LogP contribution is -2.49. The fourth-order valence-corrected chi connectivity index (χ4v) is 5.13. The second kappa shape index (κ2) is 4.42. The zero-order valence-corrected chi connectivity index (χ0v) is 12.6. The molecule has 0 N–H and O–H groups in total. The van der Waals surface area contributed by atoms with E-state index in [1.165, 1.54) is 36.7 Å². The first-order valence-corrected chi connectivity index (χ1v) is 8.50. The topological polar surface area (TPSA) is 6.48 Å². The highest BCUT2D eigenvalue weighted by molar-refractivity contribution is 7.99. The molecule has 0 aromatic heterocycles. The molecular formula is C16H22N2S. The quantitative estimate of drug-likeness (QED) is 0.776. The zero-order chi connectivity index (χ0) is 13.0. The number of anilines is 1. The summed E-state index contributed by atoms with van der Waals surface area (Å²) < 4.78 is 0. The second-order valence-corrected chi connectivity index (χ2v) is 7.42. The van der Waals surface area contributed by atoms with E-state index < -0.39 is 0 Å². The van der Waals surface area contributed by atoms with Crippen LogP contribution in [0.3, 0.4) is 0 Å². The van der Waals surface area contributed by atoms with Gasteiger partial charge in [0.15, 0.2) is 0 Å². The van der Waals surface area contributed by atoms with Gasteiger partial charge < -0.3 is 9.80 Å². The summed E-state index contributed by atoms with van der Waals surface area (Å²) in [6.07, 6.45) is 1.33. The van der Waals surface area contributed by atoms with Gasteiger partial charge in [0.2, 0.25) is 0 Å². The molecule has 3 aliphatic heterocycles. The van der Waals surface area contributed by atoms with E-state index in [1.807, 2.05) is 11.8 Å². The fourth-order valence-electron chi connectivity index (χ4n) is 4.07. The van der Waals surface area contributed by atoms with Crippen molar-refractivity contribution in [1.82, 2.24) is 4.90 Å². The number of hydrogen-bond donors (Lipinski definition) is 0. The van der Waals surface area contributed by atoms with E-state index in [2.05, 4.69) is 41.8 Å². The third-order valence-corrected chi connectivity index (χ3v) is 6.07. The highest BCUT2D eigenvalue weighted by atomic mass is 32.2. The van der Waals surface area contributed by atoms with Gasteiger partial charge in [0.05, 0.1) is 5.69 Å². The van der Waals surface area contributed by atoms with Crippen LogP contribution in [0.2, 0.25) is 0 Å². The third-order valence-electron chi connectivity index (χ3n) is 5.05. The molecule has 0 spiro atoms. The maximum atomic E-state index is 2.73. The first-order valence-electron chi connectivity index (χ1n) is 7.52. The minimum absolute atomic E-state index is 0.682. The van der Waals surface area contributed by atoms with Gasteiger partial charge in [0.25, 0.3) is 0 Å². The largest absolute Gasteiger partial charge is 0.366 e. The van der Waals surface area contributed by atoms with Crippen molar-refractivity contribution < 1.29 is 0 Å². The monoisotopic (exact) mass is 274 g/mol. The van der Waals surface area contributed by atoms with Crippen molar-refractivity contribution >= 4 is 17.4 Å². The molecule has 19 heavy (non-hydrogen) atoms. The molecule has 2 nitrogen and oxygen atoms in total. The normalized spacial score (nSPS) is 29.5. The summed E-state index contributed by atoms with van der Waals surface area (Å²) in [5.41, 5.74) is 3.21. The summed E-state index contributed by atoms with van der Waals surface area (Å²) in [5, 5.41) is 0. The molecule has 1 saturated heterocycles. The van der Waals surface area contributed by atoms with Crippen LogP contribution in [-0.2, 0) is 0 Å². The van der Waals surface area contributed by atoms with Crippen molar-refractivity contribution in [3.05, 3.63) is 23.8 Å². The molecule has 3 heteroatoms. The van der Waals surface area contributed by atoms with Crippen molar-refractivity contribution in [1.29, 1.82) is 0 Å². The van der Waals surface area contributed by atoms with Crippen molar-refractivity contribution in [3.63, 3.8) is 0 Å². The fraction of sp³-hybridized carbons (Fsp3) is 0.625. The Morgan fingerprint density at radius 1 is 1.26 bits per heavy atom. The average molecular weight is 274 g/mol. The van der Waals surface area contributed by atoms with Crippen molar-refractivity contribution in [3.8, 4) is 0 Å². The van der Waals surface area contributed by atoms with Crippen molar-refractivity contribution in [2.45, 2.75) is 43.2 Å². The summed E-state index contributed by atoms with van der Waals surface area (Å²) >= 11 is 2.04. The number of likely N-dealkylation sites (tertiary alicyclic amines) is 1. The van der Waals surface area contributed by atoms with Crippen LogP contribution in [0.25, 0.3) is 0 Å². The molecule has 3 heterocycles. The molecule has 1 fully saturated rings. The van der Waals surface area contributed by atoms with E-state index >= 15 is 0 Å². The molecule has 0 saturated carbocycles. The minimum Gasteiger partial charge on any atom is -0.366 e. The number of piperidine rings is 1. The first-order chi connectivity index (χ1) is 9.25. The van der Waals surface area contributed by atoms with Crippen LogP contribution in [0.5, 0.6) is 0 Å². The van der Waals surface area contributed by atoms with Gasteiger partial charge in [0.1, 0.15) is 0 Å². The van der Waals surface area contributed by atoms with E-state index in [4.69, 9.17) is 0 Å². The van der Waals surface area contributed by atoms with E-state index in [-0.39, 0.29) is 0 Å². The standard InChI is InChI=1S/C16H22N2S/c1-11(2)17-7-6-14-13(10-17)12-4-3-5-15-16(12)18(14)8-9-19-15/h3-5,11,13-14H,6-10H2,1-2H3. The van der Waals surface area contributed by atoms with Crippen LogP contribution < -0.4 is 4.90 Å². The molecule has 4 rings (SSSR count). The summed E-state index contributed by atoms with van der Waals surface area (Å²) in [6.45, 7) is 8.43. The molecule has 3 aliphatic rings. The maximum Gasteiger partial charge on any atom is 0.0544 e. The van der Waals surface area contributed by atoms with Crippen molar-refractivity contribution in [2.24, 2.45) is 0 Å². The van der Waals surface area contributed by atoms with E-state index in [0.717, 1.165) is 12.0 Å². The molecule has 2 unspecified atom stereocenters. The molecule has 2 atom stereocenters. The van der Waals surface area contributed by atoms with E-state index in [0.29, 0.717) is 6.04 Å². The van der Waals surface area contributed by atoms with Crippen LogP contribution in [0.15, 0.2) is 23.1 Å². The van der Waals surface area contributed by atoms with E-state index in [1.54, 1.807) is 11.3 Å². The maximum absolute atomic E-state index is 2.73. The summed E-state index contributed by atoms with van der Waals surface area (Å²) in [5.74, 6) is 2.00. The van der Waals surface area contributed by atoms with Crippen LogP contribution >= 0.6 is 11.8 Å². The Labute approximate surface area is 120 Å². The lowest BCUT2D eigenvalue weighted by Gasteiger charge is -2.41. The van der Waals surface area contributed by atoms with E-state index in [9.17, 15) is 0 Å². The van der Waals surface area contributed by atoms with Gasteiger partial charge in [-0.3, -0.25) is 0 Å². The number of fused-ring (bicyclic) bond motifs is 3. The highest BCUT2D eigenvalue weighted by Gasteiger charge is 2.43. The predicted octanol–water partition coefficient (Wildman–Crippen LogP) is 3.18. The molecule has 1 aromatic carbocycles. The number of para-hydroxylation sites is 1. The van der Waals surface area contributed by atoms with Crippen LogP contribution in [-0.4, -0.2) is 42.4 Å². The first kappa shape index (κ1) is 12.1. The molecule has 1 aromatic rings. The SMILES string of the molecule is CC(C)N1CCC2C(C1)c1cccc3c1N2CCS3. The Hall–Kier alpha value is -0.670. The Bertz CT molecular complexity index is 500. The third kappa shape index (κ3) is 1.74. The lowest BCUT2D eigenvalue weighted by molar-refractivity contribution is 0.157. The van der Waals surface area contributed by atoms with Crippen LogP contribution in [0, 0.1) is 0 Å². The lowest BCUT2D eigenvalue weighted by atomic mass is 9.88. The van der Waals surface area contributed by atoms with Gasteiger partial charge in [-0.1, -0.05) is 12.1 Å². The van der Waals surface area contributed by atoms with Gasteiger partial charge in [-0.05, 0) is 31.9 Å². The highest BCUT2D eigenvalue weighted by Crippen LogP contribution is 2.50. The number of rotatable bonds is 1. The van der Waals surface area contributed by atoms with Gasteiger partial charge >= 0.3 is 0 Å².